The number of aliphatic hydroxyl groups excluding tert-OH is 1. The van der Waals surface area contributed by atoms with Crippen molar-refractivity contribution in [3.63, 3.8) is 0 Å². The lowest BCUT2D eigenvalue weighted by molar-refractivity contribution is -0.118. The van der Waals surface area contributed by atoms with E-state index in [4.69, 9.17) is 0 Å². The van der Waals surface area contributed by atoms with Gasteiger partial charge in [0, 0.05) is 11.9 Å². The lowest BCUT2D eigenvalue weighted by Crippen LogP contribution is -2.25. The third-order valence-corrected chi connectivity index (χ3v) is 3.90. The second-order valence-electron chi connectivity index (χ2n) is 4.54. The van der Waals surface area contributed by atoms with Gasteiger partial charge < -0.3 is 10.4 Å². The molecule has 0 bridgehead atoms. The topological polar surface area (TPSA) is 62.2 Å². The van der Waals surface area contributed by atoms with Gasteiger partial charge in [-0.15, -0.1) is 11.8 Å². The second-order valence-corrected chi connectivity index (χ2v) is 5.57. The highest BCUT2D eigenvalue weighted by molar-refractivity contribution is 7.99. The minimum absolute atomic E-state index is 0.0501. The molecular formula is C16H18N2O2S. The summed E-state index contributed by atoms with van der Waals surface area (Å²) >= 11 is 1.42. The van der Waals surface area contributed by atoms with Crippen LogP contribution in [-0.2, 0) is 11.3 Å². The van der Waals surface area contributed by atoms with E-state index in [1.807, 2.05) is 48.5 Å². The Morgan fingerprint density at radius 3 is 2.67 bits per heavy atom. The van der Waals surface area contributed by atoms with Crippen LogP contribution in [0.1, 0.15) is 17.4 Å². The maximum Gasteiger partial charge on any atom is 0.230 e. The van der Waals surface area contributed by atoms with Gasteiger partial charge in [0.05, 0.1) is 24.1 Å². The van der Waals surface area contributed by atoms with E-state index >= 15 is 0 Å². The summed E-state index contributed by atoms with van der Waals surface area (Å²) in [5.41, 5.74) is 1.71. The Morgan fingerprint density at radius 2 is 1.95 bits per heavy atom. The van der Waals surface area contributed by atoms with Crippen LogP contribution in [0.5, 0.6) is 0 Å². The Morgan fingerprint density at radius 1 is 1.19 bits per heavy atom. The van der Waals surface area contributed by atoms with Gasteiger partial charge in [-0.2, -0.15) is 0 Å². The van der Waals surface area contributed by atoms with Gasteiger partial charge in [-0.1, -0.05) is 36.4 Å². The summed E-state index contributed by atoms with van der Waals surface area (Å²) in [5, 5.41) is 12.8. The molecule has 0 aliphatic rings. The summed E-state index contributed by atoms with van der Waals surface area (Å²) < 4.78 is 0. The van der Waals surface area contributed by atoms with Crippen LogP contribution in [0, 0.1) is 0 Å². The molecule has 4 nitrogen and oxygen atoms in total. The number of benzene rings is 1. The number of aromatic nitrogens is 1. The van der Waals surface area contributed by atoms with Crippen LogP contribution in [0.25, 0.3) is 0 Å². The van der Waals surface area contributed by atoms with E-state index in [2.05, 4.69) is 10.3 Å². The number of pyridine rings is 1. The van der Waals surface area contributed by atoms with Gasteiger partial charge >= 0.3 is 0 Å². The Bertz CT molecular complexity index is 549. The molecule has 21 heavy (non-hydrogen) atoms. The largest absolute Gasteiger partial charge is 0.388 e. The maximum atomic E-state index is 11.7. The number of amides is 1. The first-order chi connectivity index (χ1) is 10.3. The SMILES string of the molecule is O=C(CSCC(O)c1ccccc1)NCc1ccccn1. The van der Waals surface area contributed by atoms with E-state index in [1.54, 1.807) is 6.20 Å². The van der Waals surface area contributed by atoms with Crippen molar-refractivity contribution in [2.45, 2.75) is 12.6 Å². The predicted octanol–water partition coefficient (Wildman–Crippen LogP) is 2.16. The first-order valence-corrected chi connectivity index (χ1v) is 7.88. The van der Waals surface area contributed by atoms with Crippen molar-refractivity contribution in [3.8, 4) is 0 Å². The van der Waals surface area contributed by atoms with Crippen LogP contribution in [0.4, 0.5) is 0 Å². The molecular weight excluding hydrogens is 284 g/mol. The molecule has 1 aromatic carbocycles. The second kappa shape index (κ2) is 8.44. The first kappa shape index (κ1) is 15.5. The molecule has 2 rings (SSSR count). The van der Waals surface area contributed by atoms with Crippen molar-refractivity contribution in [2.24, 2.45) is 0 Å². The summed E-state index contributed by atoms with van der Waals surface area (Å²) in [7, 11) is 0. The van der Waals surface area contributed by atoms with E-state index in [0.29, 0.717) is 18.1 Å². The molecule has 1 amide bonds. The van der Waals surface area contributed by atoms with Crippen molar-refractivity contribution >= 4 is 17.7 Å². The molecule has 1 unspecified atom stereocenters. The highest BCUT2D eigenvalue weighted by Gasteiger charge is 2.08. The fourth-order valence-electron chi connectivity index (χ4n) is 1.78. The number of hydrogen-bond donors (Lipinski definition) is 2. The monoisotopic (exact) mass is 302 g/mol. The zero-order chi connectivity index (χ0) is 14.9. The number of nitrogens with zero attached hydrogens (tertiary/aromatic N) is 1. The third kappa shape index (κ3) is 5.57. The molecule has 0 spiro atoms. The normalized spacial score (nSPS) is 11.9. The van der Waals surface area contributed by atoms with Crippen molar-refractivity contribution < 1.29 is 9.90 Å². The fraction of sp³-hybridized carbons (Fsp3) is 0.250. The standard InChI is InChI=1S/C16H18N2O2S/c19-15(13-6-2-1-3-7-13)11-21-12-16(20)18-10-14-8-4-5-9-17-14/h1-9,15,19H,10-12H2,(H,18,20). The van der Waals surface area contributed by atoms with Crippen molar-refractivity contribution in [1.29, 1.82) is 0 Å². The Kier molecular flexibility index (Phi) is 6.24. The summed E-state index contributed by atoms with van der Waals surface area (Å²) in [4.78, 5) is 15.8. The fourth-order valence-corrected chi connectivity index (χ4v) is 2.60. The lowest BCUT2D eigenvalue weighted by atomic mass is 10.1. The summed E-state index contributed by atoms with van der Waals surface area (Å²) in [6.45, 7) is 0.432. The number of carbonyl (C=O) groups is 1. The number of hydrogen-bond acceptors (Lipinski definition) is 4. The quantitative estimate of drug-likeness (QED) is 0.823. The number of carbonyl (C=O) groups excluding carboxylic acids is 1. The number of aliphatic hydroxyl groups is 1. The molecule has 1 atom stereocenters. The molecule has 0 aliphatic heterocycles. The summed E-state index contributed by atoms with van der Waals surface area (Å²) in [5.74, 6) is 0.781. The van der Waals surface area contributed by atoms with Crippen molar-refractivity contribution in [1.82, 2.24) is 10.3 Å². The van der Waals surface area contributed by atoms with E-state index in [0.717, 1.165) is 11.3 Å². The highest BCUT2D eigenvalue weighted by Crippen LogP contribution is 2.17. The smallest absolute Gasteiger partial charge is 0.230 e. The molecule has 5 heteroatoms. The maximum absolute atomic E-state index is 11.7. The average Bonchev–Trinajstić information content (AvgIpc) is 2.54. The van der Waals surface area contributed by atoms with Gasteiger partial charge in [0.1, 0.15) is 0 Å². The molecule has 0 radical (unpaired) electrons. The summed E-state index contributed by atoms with van der Waals surface area (Å²) in [6.07, 6.45) is 1.16. The minimum atomic E-state index is -0.542. The van der Waals surface area contributed by atoms with Gasteiger partial charge in [-0.05, 0) is 17.7 Å². The van der Waals surface area contributed by atoms with Gasteiger partial charge in [0.25, 0.3) is 0 Å². The van der Waals surface area contributed by atoms with Gasteiger partial charge in [0.2, 0.25) is 5.91 Å². The van der Waals surface area contributed by atoms with Crippen LogP contribution in [-0.4, -0.2) is 27.5 Å². The molecule has 0 saturated carbocycles. The van der Waals surface area contributed by atoms with Crippen LogP contribution in [0.3, 0.4) is 0 Å². The highest BCUT2D eigenvalue weighted by atomic mass is 32.2. The Hall–Kier alpha value is -1.85. The molecule has 1 aromatic heterocycles. The zero-order valence-corrected chi connectivity index (χ0v) is 12.4. The van der Waals surface area contributed by atoms with Crippen LogP contribution in [0.2, 0.25) is 0 Å². The van der Waals surface area contributed by atoms with E-state index in [-0.39, 0.29) is 5.91 Å². The van der Waals surface area contributed by atoms with Crippen molar-refractivity contribution in [2.75, 3.05) is 11.5 Å². The minimum Gasteiger partial charge on any atom is -0.388 e. The first-order valence-electron chi connectivity index (χ1n) is 6.73. The molecule has 1 heterocycles. The average molecular weight is 302 g/mol. The van der Waals surface area contributed by atoms with Gasteiger partial charge in [-0.3, -0.25) is 9.78 Å². The number of thioether (sulfide) groups is 1. The third-order valence-electron chi connectivity index (χ3n) is 2.89. The molecule has 0 aliphatic carbocycles. The van der Waals surface area contributed by atoms with Gasteiger partial charge in [-0.25, -0.2) is 0 Å². The number of nitrogens with one attached hydrogen (secondary N) is 1. The molecule has 0 saturated heterocycles. The molecule has 0 fully saturated rings. The molecule has 2 aromatic rings. The van der Waals surface area contributed by atoms with Crippen molar-refractivity contribution in [3.05, 3.63) is 66.0 Å². The Balaban J connectivity index is 1.65. The van der Waals surface area contributed by atoms with Crippen LogP contribution < -0.4 is 5.32 Å². The van der Waals surface area contributed by atoms with E-state index in [1.165, 1.54) is 11.8 Å². The van der Waals surface area contributed by atoms with E-state index in [9.17, 15) is 9.90 Å². The van der Waals surface area contributed by atoms with Crippen LogP contribution in [0.15, 0.2) is 54.7 Å². The Labute approximate surface area is 128 Å². The zero-order valence-electron chi connectivity index (χ0n) is 11.6. The summed E-state index contributed by atoms with van der Waals surface area (Å²) in [6, 6.07) is 15.1. The predicted molar refractivity (Wildman–Crippen MR) is 84.8 cm³/mol. The lowest BCUT2D eigenvalue weighted by Gasteiger charge is -2.10. The molecule has 2 N–H and O–H groups in total. The van der Waals surface area contributed by atoms with E-state index < -0.39 is 6.10 Å². The van der Waals surface area contributed by atoms with Crippen LogP contribution >= 0.6 is 11.8 Å². The molecule has 110 valence electrons. The van der Waals surface area contributed by atoms with Gasteiger partial charge in [0.15, 0.2) is 0 Å². The number of rotatable bonds is 7.